The number of benzene rings is 1. The maximum absolute atomic E-state index is 3.35. The van der Waals surface area contributed by atoms with Crippen LogP contribution >= 0.6 is 0 Å². The van der Waals surface area contributed by atoms with Gasteiger partial charge in [-0.05, 0) is 31.4 Å². The van der Waals surface area contributed by atoms with Gasteiger partial charge in [0.15, 0.2) is 0 Å². The van der Waals surface area contributed by atoms with E-state index in [0.717, 1.165) is 6.42 Å². The van der Waals surface area contributed by atoms with Gasteiger partial charge in [0.1, 0.15) is 0 Å². The minimum atomic E-state index is 1.07. The SMILES string of the molecule is CCc1cc(C)cc(C)c1NN(C)C. The first-order chi connectivity index (χ1) is 6.54. The van der Waals surface area contributed by atoms with Crippen LogP contribution in [0.15, 0.2) is 12.1 Å². The summed E-state index contributed by atoms with van der Waals surface area (Å²) in [6, 6.07) is 4.46. The van der Waals surface area contributed by atoms with Gasteiger partial charge in [-0.3, -0.25) is 0 Å². The number of hydrazine groups is 1. The first-order valence-corrected chi connectivity index (χ1v) is 5.08. The van der Waals surface area contributed by atoms with E-state index in [1.165, 1.54) is 22.4 Å². The molecule has 78 valence electrons. The third-order valence-corrected chi connectivity index (χ3v) is 2.28. The van der Waals surface area contributed by atoms with Gasteiger partial charge in [0.2, 0.25) is 0 Å². The highest BCUT2D eigenvalue weighted by molar-refractivity contribution is 5.58. The Balaban J connectivity index is 3.11. The second-order valence-corrected chi connectivity index (χ2v) is 3.98. The average Bonchev–Trinajstić information content (AvgIpc) is 2.08. The van der Waals surface area contributed by atoms with Crippen molar-refractivity contribution in [2.45, 2.75) is 27.2 Å². The number of nitrogens with one attached hydrogen (secondary N) is 1. The van der Waals surface area contributed by atoms with Crippen LogP contribution < -0.4 is 5.43 Å². The Hall–Kier alpha value is -1.02. The van der Waals surface area contributed by atoms with Crippen molar-refractivity contribution in [3.63, 3.8) is 0 Å². The lowest BCUT2D eigenvalue weighted by Crippen LogP contribution is -2.21. The zero-order valence-corrected chi connectivity index (χ0v) is 9.81. The molecule has 1 rings (SSSR count). The van der Waals surface area contributed by atoms with Crippen molar-refractivity contribution in [1.82, 2.24) is 5.01 Å². The number of nitrogens with zero attached hydrogens (tertiary/aromatic N) is 1. The zero-order chi connectivity index (χ0) is 10.7. The minimum absolute atomic E-state index is 1.07. The third kappa shape index (κ3) is 2.48. The van der Waals surface area contributed by atoms with Crippen LogP contribution in [-0.2, 0) is 6.42 Å². The molecular formula is C12H20N2. The van der Waals surface area contributed by atoms with Crippen LogP contribution in [-0.4, -0.2) is 19.1 Å². The van der Waals surface area contributed by atoms with E-state index in [1.807, 2.05) is 19.1 Å². The molecule has 0 saturated heterocycles. The summed E-state index contributed by atoms with van der Waals surface area (Å²) >= 11 is 0. The van der Waals surface area contributed by atoms with Gasteiger partial charge in [0.25, 0.3) is 0 Å². The van der Waals surface area contributed by atoms with E-state index < -0.39 is 0 Å². The number of rotatable bonds is 3. The third-order valence-electron chi connectivity index (χ3n) is 2.28. The van der Waals surface area contributed by atoms with Crippen LogP contribution in [0.2, 0.25) is 0 Å². The number of hydrogen-bond acceptors (Lipinski definition) is 2. The van der Waals surface area contributed by atoms with Crippen molar-refractivity contribution in [3.8, 4) is 0 Å². The van der Waals surface area contributed by atoms with Gasteiger partial charge in [-0.15, -0.1) is 0 Å². The summed E-state index contributed by atoms with van der Waals surface area (Å²) in [6.07, 6.45) is 1.07. The van der Waals surface area contributed by atoms with Crippen LogP contribution in [0.3, 0.4) is 0 Å². The Morgan fingerprint density at radius 1 is 1.21 bits per heavy atom. The van der Waals surface area contributed by atoms with Gasteiger partial charge in [0.05, 0.1) is 5.69 Å². The predicted octanol–water partition coefficient (Wildman–Crippen LogP) is 2.75. The molecule has 0 spiro atoms. The average molecular weight is 192 g/mol. The molecule has 14 heavy (non-hydrogen) atoms. The summed E-state index contributed by atoms with van der Waals surface area (Å²) in [6.45, 7) is 6.48. The van der Waals surface area contributed by atoms with Crippen molar-refractivity contribution in [3.05, 3.63) is 28.8 Å². The summed E-state index contributed by atoms with van der Waals surface area (Å²) < 4.78 is 0. The molecule has 0 aromatic heterocycles. The van der Waals surface area contributed by atoms with Crippen LogP contribution in [0.4, 0.5) is 5.69 Å². The molecule has 0 bridgehead atoms. The fourth-order valence-corrected chi connectivity index (χ4v) is 1.72. The monoisotopic (exact) mass is 192 g/mol. The molecule has 0 saturated carbocycles. The summed E-state index contributed by atoms with van der Waals surface area (Å²) in [4.78, 5) is 0. The van der Waals surface area contributed by atoms with Crippen molar-refractivity contribution >= 4 is 5.69 Å². The van der Waals surface area contributed by atoms with Gasteiger partial charge in [-0.2, -0.15) is 0 Å². The molecule has 2 heteroatoms. The van der Waals surface area contributed by atoms with E-state index in [-0.39, 0.29) is 0 Å². The van der Waals surface area contributed by atoms with Crippen LogP contribution in [0.5, 0.6) is 0 Å². The normalized spacial score (nSPS) is 10.7. The Labute approximate surface area is 86.9 Å². The molecule has 0 amide bonds. The highest BCUT2D eigenvalue weighted by Crippen LogP contribution is 2.23. The Kier molecular flexibility index (Phi) is 3.53. The molecule has 1 N–H and O–H groups in total. The minimum Gasteiger partial charge on any atom is -0.319 e. The van der Waals surface area contributed by atoms with Crippen molar-refractivity contribution < 1.29 is 0 Å². The van der Waals surface area contributed by atoms with Crippen molar-refractivity contribution in [2.75, 3.05) is 19.5 Å². The van der Waals surface area contributed by atoms with Gasteiger partial charge < -0.3 is 5.43 Å². The van der Waals surface area contributed by atoms with Crippen LogP contribution in [0.25, 0.3) is 0 Å². The van der Waals surface area contributed by atoms with Gasteiger partial charge in [0, 0.05) is 14.1 Å². The molecule has 0 aliphatic rings. The summed E-state index contributed by atoms with van der Waals surface area (Å²) in [5.41, 5.74) is 8.64. The molecule has 0 aliphatic carbocycles. The molecule has 1 aromatic carbocycles. The lowest BCUT2D eigenvalue weighted by atomic mass is 10.0. The Bertz CT molecular complexity index is 316. The molecule has 0 heterocycles. The molecule has 0 fully saturated rings. The number of hydrogen-bond donors (Lipinski definition) is 1. The molecule has 0 radical (unpaired) electrons. The fourth-order valence-electron chi connectivity index (χ4n) is 1.72. The topological polar surface area (TPSA) is 15.3 Å². The van der Waals surface area contributed by atoms with Gasteiger partial charge in [-0.25, -0.2) is 5.01 Å². The maximum Gasteiger partial charge on any atom is 0.0551 e. The largest absolute Gasteiger partial charge is 0.319 e. The lowest BCUT2D eigenvalue weighted by molar-refractivity contribution is 0.494. The number of anilines is 1. The van der Waals surface area contributed by atoms with Gasteiger partial charge in [-0.1, -0.05) is 24.6 Å². The highest BCUT2D eigenvalue weighted by Gasteiger charge is 2.05. The summed E-state index contributed by atoms with van der Waals surface area (Å²) in [7, 11) is 4.03. The second kappa shape index (κ2) is 4.47. The van der Waals surface area contributed by atoms with E-state index in [0.29, 0.717) is 0 Å². The molecule has 1 aromatic rings. The van der Waals surface area contributed by atoms with Gasteiger partial charge >= 0.3 is 0 Å². The first kappa shape index (κ1) is 11.1. The van der Waals surface area contributed by atoms with Crippen molar-refractivity contribution in [1.29, 1.82) is 0 Å². The smallest absolute Gasteiger partial charge is 0.0551 e. The van der Waals surface area contributed by atoms with E-state index in [9.17, 15) is 0 Å². The first-order valence-electron chi connectivity index (χ1n) is 5.08. The molecule has 2 nitrogen and oxygen atoms in total. The fraction of sp³-hybridized carbons (Fsp3) is 0.500. The predicted molar refractivity (Wildman–Crippen MR) is 62.6 cm³/mol. The zero-order valence-electron chi connectivity index (χ0n) is 9.81. The Morgan fingerprint density at radius 2 is 1.86 bits per heavy atom. The van der Waals surface area contributed by atoms with Crippen LogP contribution in [0.1, 0.15) is 23.6 Å². The second-order valence-electron chi connectivity index (χ2n) is 3.98. The quantitative estimate of drug-likeness (QED) is 0.741. The molecule has 0 unspecified atom stereocenters. The van der Waals surface area contributed by atoms with E-state index in [2.05, 4.69) is 38.3 Å². The number of aryl methyl sites for hydroxylation is 3. The molecule has 0 aliphatic heterocycles. The lowest BCUT2D eigenvalue weighted by Gasteiger charge is -2.19. The highest BCUT2D eigenvalue weighted by atomic mass is 15.5. The Morgan fingerprint density at radius 3 is 2.36 bits per heavy atom. The standard InChI is InChI=1S/C12H20N2/c1-6-11-8-9(2)7-10(3)12(11)13-14(4)5/h7-8,13H,6H2,1-5H3. The van der Waals surface area contributed by atoms with Crippen LogP contribution in [0, 0.1) is 13.8 Å². The van der Waals surface area contributed by atoms with E-state index in [1.54, 1.807) is 0 Å². The molecule has 0 atom stereocenters. The van der Waals surface area contributed by atoms with E-state index in [4.69, 9.17) is 0 Å². The molecular weight excluding hydrogens is 172 g/mol. The van der Waals surface area contributed by atoms with Crippen molar-refractivity contribution in [2.24, 2.45) is 0 Å². The summed E-state index contributed by atoms with van der Waals surface area (Å²) in [5, 5.41) is 1.98. The summed E-state index contributed by atoms with van der Waals surface area (Å²) in [5.74, 6) is 0. The maximum atomic E-state index is 3.35. The van der Waals surface area contributed by atoms with E-state index >= 15 is 0 Å².